The van der Waals surface area contributed by atoms with Gasteiger partial charge >= 0.3 is 11.9 Å². The monoisotopic (exact) mass is 350 g/mol. The van der Waals surface area contributed by atoms with Crippen LogP contribution in [0.25, 0.3) is 0 Å². The molecule has 0 heterocycles. The normalized spacial score (nSPS) is 15.1. The van der Waals surface area contributed by atoms with Gasteiger partial charge in [-0.05, 0) is 53.1 Å². The molecule has 0 aliphatic rings. The van der Waals surface area contributed by atoms with Gasteiger partial charge in [0.15, 0.2) is 28.8 Å². The van der Waals surface area contributed by atoms with Crippen molar-refractivity contribution in [1.29, 1.82) is 0 Å². The van der Waals surface area contributed by atoms with Gasteiger partial charge in [0.05, 0.1) is 13.2 Å². The Morgan fingerprint density at radius 3 is 1.18 bits per heavy atom. The summed E-state index contributed by atoms with van der Waals surface area (Å²) in [5.74, 6) is -1.16. The summed E-state index contributed by atoms with van der Waals surface area (Å²) in [7, 11) is -4.18. The van der Waals surface area contributed by atoms with Gasteiger partial charge in [0.25, 0.3) is 0 Å². The van der Waals surface area contributed by atoms with E-state index in [2.05, 4.69) is 0 Å². The minimum atomic E-state index is -2.09. The quantitative estimate of drug-likeness (QED) is 0.470. The summed E-state index contributed by atoms with van der Waals surface area (Å²) in [5.41, 5.74) is 0. The topological polar surface area (TPSA) is 71.1 Å². The minimum absolute atomic E-state index is 0.215. The average molecular weight is 351 g/mol. The molecule has 22 heavy (non-hydrogen) atoms. The van der Waals surface area contributed by atoms with E-state index >= 15 is 0 Å². The molecule has 0 aliphatic carbocycles. The first-order valence-corrected chi connectivity index (χ1v) is 14.4. The van der Waals surface area contributed by atoms with Crippen LogP contribution in [0.3, 0.4) is 0 Å². The van der Waals surface area contributed by atoms with Gasteiger partial charge in [-0.3, -0.25) is 0 Å². The van der Waals surface area contributed by atoms with Gasteiger partial charge in [-0.1, -0.05) is 0 Å². The van der Waals surface area contributed by atoms with Crippen LogP contribution in [0.2, 0.25) is 39.3 Å². The highest BCUT2D eigenvalue weighted by atomic mass is 28.4. The summed E-state index contributed by atoms with van der Waals surface area (Å²) in [6.07, 6.45) is -2.17. The van der Waals surface area contributed by atoms with Gasteiger partial charge in [0, 0.05) is 0 Å². The minimum Gasteiger partial charge on any atom is -0.464 e. The van der Waals surface area contributed by atoms with Crippen molar-refractivity contribution in [3.05, 3.63) is 0 Å². The fourth-order valence-electron chi connectivity index (χ4n) is 1.68. The Bertz CT molecular complexity index is 337. The van der Waals surface area contributed by atoms with Crippen molar-refractivity contribution < 1.29 is 27.9 Å². The molecule has 0 aromatic heterocycles. The predicted molar refractivity (Wildman–Crippen MR) is 89.7 cm³/mol. The summed E-state index contributed by atoms with van der Waals surface area (Å²) >= 11 is 0. The molecule has 0 N–H and O–H groups in total. The Balaban J connectivity index is 5.49. The van der Waals surface area contributed by atoms with E-state index in [1.165, 1.54) is 0 Å². The summed E-state index contributed by atoms with van der Waals surface area (Å²) in [6, 6.07) is 0. The second kappa shape index (κ2) is 8.80. The van der Waals surface area contributed by atoms with Crippen LogP contribution in [-0.2, 0) is 27.9 Å². The van der Waals surface area contributed by atoms with E-state index in [9.17, 15) is 9.59 Å². The Morgan fingerprint density at radius 1 is 0.727 bits per heavy atom. The number of hydrogen-bond acceptors (Lipinski definition) is 6. The molecule has 6 nitrogen and oxygen atoms in total. The smallest absolute Gasteiger partial charge is 0.337 e. The summed E-state index contributed by atoms with van der Waals surface area (Å²) in [5, 5.41) is 0. The van der Waals surface area contributed by atoms with E-state index in [-0.39, 0.29) is 13.2 Å². The Labute approximate surface area is 135 Å². The zero-order valence-corrected chi connectivity index (χ0v) is 17.0. The molecule has 0 radical (unpaired) electrons. The van der Waals surface area contributed by atoms with E-state index < -0.39 is 40.8 Å². The van der Waals surface area contributed by atoms with Crippen LogP contribution in [0.15, 0.2) is 0 Å². The van der Waals surface area contributed by atoms with E-state index in [1.54, 1.807) is 13.8 Å². The standard InChI is InChI=1S/C14H30O6Si2/c1-9-17-13(15)11(19-21(3,4)5)12(14(16)18-10-2)20-22(6,7)8/h11-12H,9-10H2,1-8H3/t11-,12-/m1/s1. The average Bonchev–Trinajstić information content (AvgIpc) is 2.31. The maximum atomic E-state index is 12.3. The zero-order chi connectivity index (χ0) is 17.6. The first kappa shape index (κ1) is 21.3. The largest absolute Gasteiger partial charge is 0.464 e. The second-order valence-electron chi connectivity index (χ2n) is 6.81. The molecule has 0 unspecified atom stereocenters. The molecule has 0 aliphatic heterocycles. The zero-order valence-electron chi connectivity index (χ0n) is 15.0. The number of hydrogen-bond donors (Lipinski definition) is 0. The fourth-order valence-corrected chi connectivity index (χ4v) is 3.64. The molecule has 0 bridgehead atoms. The number of carbonyl (C=O) groups is 2. The molecule has 0 spiro atoms. The number of esters is 2. The van der Waals surface area contributed by atoms with Crippen LogP contribution in [-0.4, -0.2) is 54.0 Å². The molecule has 0 rings (SSSR count). The summed E-state index contributed by atoms with van der Waals surface area (Å²) in [6.45, 7) is 15.5. The molecule has 2 atom stereocenters. The maximum absolute atomic E-state index is 12.3. The highest BCUT2D eigenvalue weighted by Crippen LogP contribution is 2.19. The van der Waals surface area contributed by atoms with Crippen LogP contribution < -0.4 is 0 Å². The first-order chi connectivity index (χ1) is 9.91. The molecule has 0 saturated carbocycles. The molecule has 0 aromatic rings. The highest BCUT2D eigenvalue weighted by molar-refractivity contribution is 6.70. The van der Waals surface area contributed by atoms with E-state index in [0.717, 1.165) is 0 Å². The van der Waals surface area contributed by atoms with Crippen LogP contribution in [0.4, 0.5) is 0 Å². The highest BCUT2D eigenvalue weighted by Gasteiger charge is 2.42. The fraction of sp³-hybridized carbons (Fsp3) is 0.857. The van der Waals surface area contributed by atoms with Crippen LogP contribution >= 0.6 is 0 Å². The lowest BCUT2D eigenvalue weighted by atomic mass is 10.2. The third-order valence-electron chi connectivity index (χ3n) is 2.27. The lowest BCUT2D eigenvalue weighted by molar-refractivity contribution is -0.169. The molecule has 0 saturated heterocycles. The molecular weight excluding hydrogens is 320 g/mol. The van der Waals surface area contributed by atoms with Crippen molar-refractivity contribution in [3.63, 3.8) is 0 Å². The van der Waals surface area contributed by atoms with Gasteiger partial charge in [-0.25, -0.2) is 9.59 Å². The molecule has 0 amide bonds. The van der Waals surface area contributed by atoms with Crippen LogP contribution in [0, 0.1) is 0 Å². The van der Waals surface area contributed by atoms with Crippen molar-refractivity contribution in [2.24, 2.45) is 0 Å². The maximum Gasteiger partial charge on any atom is 0.337 e. The lowest BCUT2D eigenvalue weighted by Gasteiger charge is -2.33. The van der Waals surface area contributed by atoms with E-state index in [4.69, 9.17) is 18.3 Å². The predicted octanol–water partition coefficient (Wildman–Crippen LogP) is 2.55. The third kappa shape index (κ3) is 8.67. The van der Waals surface area contributed by atoms with Gasteiger partial charge in [-0.2, -0.15) is 0 Å². The van der Waals surface area contributed by atoms with E-state index in [1.807, 2.05) is 39.3 Å². The SMILES string of the molecule is CCOC(=O)[C@H](O[Si](C)(C)C)[C@@H](O[Si](C)(C)C)C(=O)OCC. The van der Waals surface area contributed by atoms with Gasteiger partial charge in [0.1, 0.15) is 0 Å². The Morgan fingerprint density at radius 2 is 1.00 bits per heavy atom. The van der Waals surface area contributed by atoms with Crippen molar-refractivity contribution in [1.82, 2.24) is 0 Å². The van der Waals surface area contributed by atoms with Crippen LogP contribution in [0.5, 0.6) is 0 Å². The number of rotatable bonds is 9. The molecule has 0 fully saturated rings. The second-order valence-corrected chi connectivity index (χ2v) is 15.7. The van der Waals surface area contributed by atoms with Crippen molar-refractivity contribution in [2.45, 2.75) is 65.3 Å². The molecular formula is C14H30O6Si2. The van der Waals surface area contributed by atoms with Crippen molar-refractivity contribution >= 4 is 28.6 Å². The Kier molecular flexibility index (Phi) is 8.52. The van der Waals surface area contributed by atoms with E-state index in [0.29, 0.717) is 0 Å². The molecule has 0 aromatic carbocycles. The van der Waals surface area contributed by atoms with Crippen molar-refractivity contribution in [3.8, 4) is 0 Å². The van der Waals surface area contributed by atoms with Crippen molar-refractivity contribution in [2.75, 3.05) is 13.2 Å². The third-order valence-corrected chi connectivity index (χ3v) is 4.20. The molecule has 130 valence electrons. The summed E-state index contributed by atoms with van der Waals surface area (Å²) in [4.78, 5) is 24.5. The lowest BCUT2D eigenvalue weighted by Crippen LogP contribution is -2.52. The summed E-state index contributed by atoms with van der Waals surface area (Å²) < 4.78 is 21.9. The number of ether oxygens (including phenoxy) is 2. The number of carbonyl (C=O) groups excluding carboxylic acids is 2. The Hall–Kier alpha value is -0.706. The molecule has 8 heteroatoms. The van der Waals surface area contributed by atoms with Gasteiger partial charge < -0.3 is 18.3 Å². The first-order valence-electron chi connectivity index (χ1n) is 7.60. The van der Waals surface area contributed by atoms with Crippen LogP contribution in [0.1, 0.15) is 13.8 Å². The van der Waals surface area contributed by atoms with Gasteiger partial charge in [-0.15, -0.1) is 0 Å². The van der Waals surface area contributed by atoms with Gasteiger partial charge in [0.2, 0.25) is 0 Å².